The number of thiocarbonyl (C=S) groups is 1. The van der Waals surface area contributed by atoms with Crippen molar-refractivity contribution in [1.29, 1.82) is 0 Å². The Kier molecular flexibility index (Phi) is 6.53. The quantitative estimate of drug-likeness (QED) is 0.679. The Bertz CT molecular complexity index is 869. The summed E-state index contributed by atoms with van der Waals surface area (Å²) in [5.41, 5.74) is 1.67. The average Bonchev–Trinajstić information content (AvgIpc) is 2.65. The fraction of sp³-hybridized carbons (Fsp3) is 0.300. The number of nitrogens with one attached hydrogen (secondary N) is 3. The van der Waals surface area contributed by atoms with Gasteiger partial charge in [-0.15, -0.1) is 0 Å². The van der Waals surface area contributed by atoms with Crippen molar-refractivity contribution >= 4 is 34.6 Å². The topological polar surface area (TPSA) is 48.8 Å². The maximum Gasteiger partial charge on any atom is 0.279 e. The molecule has 0 atom stereocenters. The van der Waals surface area contributed by atoms with Crippen LogP contribution in [0.15, 0.2) is 42.5 Å². The van der Waals surface area contributed by atoms with E-state index in [1.807, 2.05) is 4.90 Å². The minimum absolute atomic E-state index is 0.148. The Morgan fingerprint density at radius 3 is 2.50 bits per heavy atom. The van der Waals surface area contributed by atoms with E-state index < -0.39 is 0 Å². The van der Waals surface area contributed by atoms with Crippen LogP contribution in [0.1, 0.15) is 5.56 Å². The number of halogens is 2. The highest BCUT2D eigenvalue weighted by Crippen LogP contribution is 2.14. The van der Waals surface area contributed by atoms with E-state index in [4.69, 9.17) is 12.2 Å². The van der Waals surface area contributed by atoms with Crippen LogP contribution in [0, 0.1) is 18.6 Å². The van der Waals surface area contributed by atoms with E-state index >= 15 is 0 Å². The van der Waals surface area contributed by atoms with E-state index in [9.17, 15) is 13.6 Å². The lowest BCUT2D eigenvalue weighted by Crippen LogP contribution is -3.15. The van der Waals surface area contributed by atoms with E-state index in [0.717, 1.165) is 18.0 Å². The van der Waals surface area contributed by atoms with Crippen LogP contribution in [-0.2, 0) is 4.79 Å². The van der Waals surface area contributed by atoms with Gasteiger partial charge in [-0.1, -0.05) is 12.1 Å². The number of benzene rings is 2. The zero-order chi connectivity index (χ0) is 20.1. The molecule has 2 aromatic rings. The predicted octanol–water partition coefficient (Wildman–Crippen LogP) is 1.81. The summed E-state index contributed by atoms with van der Waals surface area (Å²) in [5, 5.41) is 6.33. The Morgan fingerprint density at radius 1 is 1.11 bits per heavy atom. The number of hydrogen-bond donors (Lipinski definition) is 3. The molecule has 1 heterocycles. The molecule has 1 fully saturated rings. The number of amides is 1. The number of aryl methyl sites for hydroxylation is 1. The van der Waals surface area contributed by atoms with E-state index in [1.165, 1.54) is 18.2 Å². The largest absolute Gasteiger partial charge is 0.338 e. The van der Waals surface area contributed by atoms with Gasteiger partial charge in [-0.2, -0.15) is 0 Å². The second-order valence-corrected chi connectivity index (χ2v) is 7.25. The molecule has 1 saturated heterocycles. The molecule has 0 spiro atoms. The molecule has 0 unspecified atom stereocenters. The first kappa shape index (κ1) is 20.2. The van der Waals surface area contributed by atoms with Gasteiger partial charge in [0.15, 0.2) is 11.7 Å². The molecule has 0 saturated carbocycles. The first-order chi connectivity index (χ1) is 13.4. The molecule has 8 heteroatoms. The highest BCUT2D eigenvalue weighted by atomic mass is 32.1. The van der Waals surface area contributed by atoms with Gasteiger partial charge in [-0.3, -0.25) is 4.79 Å². The summed E-state index contributed by atoms with van der Waals surface area (Å²) in [6.45, 7) is 4.92. The third kappa shape index (κ3) is 5.46. The summed E-state index contributed by atoms with van der Waals surface area (Å²) in [6.07, 6.45) is 0. The number of piperazine rings is 1. The lowest BCUT2D eigenvalue weighted by atomic mass is 10.2. The van der Waals surface area contributed by atoms with Crippen LogP contribution in [0.5, 0.6) is 0 Å². The van der Waals surface area contributed by atoms with Crippen LogP contribution in [0.25, 0.3) is 0 Å². The summed E-state index contributed by atoms with van der Waals surface area (Å²) < 4.78 is 26.9. The van der Waals surface area contributed by atoms with Crippen molar-refractivity contribution in [2.45, 2.75) is 6.92 Å². The second kappa shape index (κ2) is 9.07. The van der Waals surface area contributed by atoms with Gasteiger partial charge >= 0.3 is 0 Å². The molecule has 0 aromatic heterocycles. The monoisotopic (exact) mass is 405 g/mol. The number of anilines is 2. The van der Waals surface area contributed by atoms with Crippen molar-refractivity contribution < 1.29 is 18.5 Å². The molecule has 3 rings (SSSR count). The average molecular weight is 405 g/mol. The zero-order valence-corrected chi connectivity index (χ0v) is 16.4. The SMILES string of the molecule is Cc1ccc(NC(=S)N2CC[NH+](CC(=O)Nc3cccc(F)c3)CC2)cc1F. The van der Waals surface area contributed by atoms with Crippen molar-refractivity contribution in [2.75, 3.05) is 43.4 Å². The Labute approximate surface area is 168 Å². The Balaban J connectivity index is 1.45. The third-order valence-corrected chi connectivity index (χ3v) is 5.06. The van der Waals surface area contributed by atoms with Crippen molar-refractivity contribution in [2.24, 2.45) is 0 Å². The Hall–Kier alpha value is -2.58. The maximum atomic E-state index is 13.7. The highest BCUT2D eigenvalue weighted by Gasteiger charge is 2.23. The Morgan fingerprint density at radius 2 is 1.82 bits per heavy atom. The predicted molar refractivity (Wildman–Crippen MR) is 110 cm³/mol. The minimum atomic E-state index is -0.381. The molecule has 0 radical (unpaired) electrons. The first-order valence-electron chi connectivity index (χ1n) is 9.12. The van der Waals surface area contributed by atoms with E-state index in [-0.39, 0.29) is 17.5 Å². The van der Waals surface area contributed by atoms with Crippen LogP contribution >= 0.6 is 12.2 Å². The summed E-state index contributed by atoms with van der Waals surface area (Å²) in [5.74, 6) is -0.801. The minimum Gasteiger partial charge on any atom is -0.338 e. The number of rotatable bonds is 4. The van der Waals surface area contributed by atoms with Gasteiger partial charge in [0.1, 0.15) is 11.6 Å². The molecule has 1 aliphatic heterocycles. The lowest BCUT2D eigenvalue weighted by Gasteiger charge is -2.33. The van der Waals surface area contributed by atoms with Crippen molar-refractivity contribution in [3.63, 3.8) is 0 Å². The molecule has 5 nitrogen and oxygen atoms in total. The number of nitrogens with zero attached hydrogens (tertiary/aromatic N) is 1. The maximum absolute atomic E-state index is 13.7. The number of quaternary nitrogens is 1. The molecule has 1 amide bonds. The summed E-state index contributed by atoms with van der Waals surface area (Å²) in [4.78, 5) is 15.3. The number of carbonyl (C=O) groups excluding carboxylic acids is 1. The smallest absolute Gasteiger partial charge is 0.279 e. The van der Waals surface area contributed by atoms with E-state index in [2.05, 4.69) is 10.6 Å². The molecule has 1 aliphatic rings. The van der Waals surface area contributed by atoms with Gasteiger partial charge in [0.25, 0.3) is 5.91 Å². The molecule has 2 aromatic carbocycles. The summed E-state index contributed by atoms with van der Waals surface area (Å²) in [6, 6.07) is 10.8. The van der Waals surface area contributed by atoms with Gasteiger partial charge in [0.05, 0.1) is 26.2 Å². The van der Waals surface area contributed by atoms with E-state index in [0.29, 0.717) is 41.7 Å². The fourth-order valence-corrected chi connectivity index (χ4v) is 3.37. The fourth-order valence-electron chi connectivity index (χ4n) is 3.07. The van der Waals surface area contributed by atoms with Crippen LogP contribution in [-0.4, -0.2) is 48.6 Å². The van der Waals surface area contributed by atoms with Gasteiger partial charge in [0.2, 0.25) is 0 Å². The summed E-state index contributed by atoms with van der Waals surface area (Å²) in [7, 11) is 0. The zero-order valence-electron chi connectivity index (χ0n) is 15.6. The molecule has 0 aliphatic carbocycles. The third-order valence-electron chi connectivity index (χ3n) is 4.70. The van der Waals surface area contributed by atoms with Crippen molar-refractivity contribution in [3.8, 4) is 0 Å². The molecular formula is C20H23F2N4OS+. The molecule has 3 N–H and O–H groups in total. The van der Waals surface area contributed by atoms with Crippen LogP contribution in [0.3, 0.4) is 0 Å². The second-order valence-electron chi connectivity index (χ2n) is 6.87. The molecule has 0 bridgehead atoms. The van der Waals surface area contributed by atoms with Crippen molar-refractivity contribution in [3.05, 3.63) is 59.7 Å². The number of carbonyl (C=O) groups is 1. The van der Waals surface area contributed by atoms with Gasteiger partial charge in [-0.05, 0) is 55.0 Å². The number of hydrogen-bond acceptors (Lipinski definition) is 2. The van der Waals surface area contributed by atoms with Crippen LogP contribution in [0.4, 0.5) is 20.2 Å². The highest BCUT2D eigenvalue weighted by molar-refractivity contribution is 7.80. The van der Waals surface area contributed by atoms with Gasteiger partial charge in [0, 0.05) is 11.4 Å². The normalized spacial score (nSPS) is 14.6. The molecule has 28 heavy (non-hydrogen) atoms. The standard InChI is InChI=1S/C20H22F2N4OS/c1-14-5-6-17(12-18(14)22)24-20(28)26-9-7-25(8-10-26)13-19(27)23-16-4-2-3-15(21)11-16/h2-6,11-12H,7-10,13H2,1H3,(H,23,27)(H,24,28)/p+1. The molecule has 148 valence electrons. The van der Waals surface area contributed by atoms with Gasteiger partial charge < -0.3 is 20.4 Å². The van der Waals surface area contributed by atoms with Crippen LogP contribution in [0.2, 0.25) is 0 Å². The van der Waals surface area contributed by atoms with Crippen molar-refractivity contribution in [1.82, 2.24) is 4.90 Å². The van der Waals surface area contributed by atoms with E-state index in [1.54, 1.807) is 31.2 Å². The first-order valence-corrected chi connectivity index (χ1v) is 9.52. The van der Waals surface area contributed by atoms with Crippen LogP contribution < -0.4 is 15.5 Å². The molecular weight excluding hydrogens is 382 g/mol. The lowest BCUT2D eigenvalue weighted by molar-refractivity contribution is -0.895. The van der Waals surface area contributed by atoms with Gasteiger partial charge in [-0.25, -0.2) is 8.78 Å². The summed E-state index contributed by atoms with van der Waals surface area (Å²) >= 11 is 5.43.